The molecule has 22 heavy (non-hydrogen) atoms. The summed E-state index contributed by atoms with van der Waals surface area (Å²) in [5.41, 5.74) is 0.754. The Labute approximate surface area is 135 Å². The second-order valence-corrected chi connectivity index (χ2v) is 9.85. The SMILES string of the molecule is C[C@@H]1CC2C(CC[C@@H]3C[C@@H](O)CC[C@]23C)[C@@]23O[C@@H]2[C@H](C)CC13. The lowest BCUT2D eigenvalue weighted by atomic mass is 9.45. The van der Waals surface area contributed by atoms with Gasteiger partial charge in [0.2, 0.25) is 0 Å². The van der Waals surface area contributed by atoms with Gasteiger partial charge in [-0.1, -0.05) is 20.8 Å². The van der Waals surface area contributed by atoms with Crippen LogP contribution in [0.1, 0.15) is 65.7 Å². The highest BCUT2D eigenvalue weighted by Gasteiger charge is 2.76. The van der Waals surface area contributed by atoms with Crippen LogP contribution in [-0.2, 0) is 4.74 Å². The molecule has 0 aromatic rings. The summed E-state index contributed by atoms with van der Waals surface area (Å²) in [6.45, 7) is 7.49. The smallest absolute Gasteiger partial charge is 0.101 e. The number of hydrogen-bond acceptors (Lipinski definition) is 2. The Morgan fingerprint density at radius 1 is 0.909 bits per heavy atom. The molecule has 1 aliphatic heterocycles. The molecule has 2 nitrogen and oxygen atoms in total. The fraction of sp³-hybridized carbons (Fsp3) is 1.00. The van der Waals surface area contributed by atoms with Crippen LogP contribution < -0.4 is 0 Å². The average Bonchev–Trinajstić information content (AvgIpc) is 3.14. The Bertz CT molecular complexity index is 490. The Morgan fingerprint density at radius 3 is 2.45 bits per heavy atom. The second kappa shape index (κ2) is 4.30. The molecule has 4 aliphatic carbocycles. The van der Waals surface area contributed by atoms with Crippen LogP contribution in [0.3, 0.4) is 0 Å². The van der Waals surface area contributed by atoms with Crippen molar-refractivity contribution >= 4 is 0 Å². The van der Waals surface area contributed by atoms with E-state index in [0.717, 1.165) is 48.3 Å². The van der Waals surface area contributed by atoms with Gasteiger partial charge in [-0.05, 0) is 85.9 Å². The number of hydrogen-bond donors (Lipinski definition) is 1. The summed E-state index contributed by atoms with van der Waals surface area (Å²) in [7, 11) is 0. The van der Waals surface area contributed by atoms with Crippen molar-refractivity contribution in [3.63, 3.8) is 0 Å². The first-order valence-corrected chi connectivity index (χ1v) is 9.82. The minimum atomic E-state index is -0.0297. The van der Waals surface area contributed by atoms with E-state index in [1.54, 1.807) is 0 Å². The highest BCUT2D eigenvalue weighted by molar-refractivity contribution is 5.24. The number of ether oxygens (including phenoxy) is 1. The molecule has 5 rings (SSSR count). The van der Waals surface area contributed by atoms with Gasteiger partial charge >= 0.3 is 0 Å². The summed E-state index contributed by atoms with van der Waals surface area (Å²) in [6.07, 6.45) is 9.42. The molecule has 0 aromatic heterocycles. The second-order valence-electron chi connectivity index (χ2n) is 9.85. The Morgan fingerprint density at radius 2 is 1.68 bits per heavy atom. The first-order chi connectivity index (χ1) is 10.5. The van der Waals surface area contributed by atoms with Gasteiger partial charge < -0.3 is 9.84 Å². The Hall–Kier alpha value is -0.0800. The van der Waals surface area contributed by atoms with Crippen molar-refractivity contribution in [3.8, 4) is 0 Å². The fourth-order valence-electron chi connectivity index (χ4n) is 7.92. The number of aliphatic hydroxyl groups is 1. The molecule has 2 heteroatoms. The van der Waals surface area contributed by atoms with Gasteiger partial charge in [-0.2, -0.15) is 0 Å². The number of aliphatic hydroxyl groups excluding tert-OH is 1. The molecule has 5 aliphatic rings. The lowest BCUT2D eigenvalue weighted by molar-refractivity contribution is -0.130. The zero-order valence-electron chi connectivity index (χ0n) is 14.4. The van der Waals surface area contributed by atoms with Gasteiger partial charge in [0.05, 0.1) is 12.2 Å². The summed E-state index contributed by atoms with van der Waals surface area (Å²) < 4.78 is 6.49. The van der Waals surface area contributed by atoms with Gasteiger partial charge in [-0.15, -0.1) is 0 Å². The third kappa shape index (κ3) is 1.55. The molecule has 1 saturated heterocycles. The minimum absolute atomic E-state index is 0.0297. The summed E-state index contributed by atoms with van der Waals surface area (Å²) >= 11 is 0. The molecule has 4 saturated carbocycles. The van der Waals surface area contributed by atoms with Crippen molar-refractivity contribution in [2.45, 2.75) is 83.5 Å². The van der Waals surface area contributed by atoms with Crippen LogP contribution >= 0.6 is 0 Å². The maximum absolute atomic E-state index is 10.1. The van der Waals surface area contributed by atoms with Crippen LogP contribution in [0.2, 0.25) is 0 Å². The number of fused-ring (bicyclic) bond motifs is 3. The zero-order chi connectivity index (χ0) is 15.3. The molecule has 1 N–H and O–H groups in total. The van der Waals surface area contributed by atoms with Gasteiger partial charge in [-0.3, -0.25) is 0 Å². The van der Waals surface area contributed by atoms with E-state index < -0.39 is 0 Å². The first-order valence-electron chi connectivity index (χ1n) is 9.82. The monoisotopic (exact) mass is 304 g/mol. The third-order valence-electron chi connectivity index (χ3n) is 9.00. The van der Waals surface area contributed by atoms with Crippen LogP contribution in [-0.4, -0.2) is 22.9 Å². The zero-order valence-corrected chi connectivity index (χ0v) is 14.4. The van der Waals surface area contributed by atoms with Crippen molar-refractivity contribution in [3.05, 3.63) is 0 Å². The predicted octanol–water partition coefficient (Wildman–Crippen LogP) is 4.01. The molecule has 1 heterocycles. The van der Waals surface area contributed by atoms with Crippen molar-refractivity contribution in [1.82, 2.24) is 0 Å². The minimum Gasteiger partial charge on any atom is -0.393 e. The third-order valence-corrected chi connectivity index (χ3v) is 9.00. The van der Waals surface area contributed by atoms with E-state index in [-0.39, 0.29) is 11.7 Å². The van der Waals surface area contributed by atoms with Crippen LogP contribution in [0, 0.1) is 40.9 Å². The van der Waals surface area contributed by atoms with Crippen molar-refractivity contribution in [1.29, 1.82) is 0 Å². The maximum Gasteiger partial charge on any atom is 0.101 e. The predicted molar refractivity (Wildman–Crippen MR) is 86.3 cm³/mol. The van der Waals surface area contributed by atoms with E-state index in [1.165, 1.54) is 32.1 Å². The molecular weight excluding hydrogens is 272 g/mol. The molecule has 10 atom stereocenters. The van der Waals surface area contributed by atoms with Crippen LogP contribution in [0.25, 0.3) is 0 Å². The van der Waals surface area contributed by atoms with Crippen molar-refractivity contribution < 1.29 is 9.84 Å². The van der Waals surface area contributed by atoms with E-state index in [0.29, 0.717) is 11.5 Å². The topological polar surface area (TPSA) is 32.8 Å². The van der Waals surface area contributed by atoms with Crippen LogP contribution in [0.5, 0.6) is 0 Å². The average molecular weight is 304 g/mol. The fourth-order valence-corrected chi connectivity index (χ4v) is 7.92. The van der Waals surface area contributed by atoms with Gasteiger partial charge in [-0.25, -0.2) is 0 Å². The molecule has 5 fully saturated rings. The molecule has 0 radical (unpaired) electrons. The highest BCUT2D eigenvalue weighted by Crippen LogP contribution is 2.72. The van der Waals surface area contributed by atoms with Gasteiger partial charge in [0.1, 0.15) is 5.60 Å². The Kier molecular flexibility index (Phi) is 2.79. The van der Waals surface area contributed by atoms with E-state index in [4.69, 9.17) is 4.74 Å². The summed E-state index contributed by atoms with van der Waals surface area (Å²) in [6, 6.07) is 0. The standard InChI is InChI=1S/C20H32O2/c1-11-8-17-15(20-16(11)9-12(2)18(20)22-20)5-4-13-10-14(21)6-7-19(13,17)3/h11-18,21H,4-10H2,1-3H3/t11-,12-,13-,14+,15?,16?,17?,18-,19+,20+/m1/s1. The normalized spacial score (nSPS) is 66.0. The quantitative estimate of drug-likeness (QED) is 0.686. The van der Waals surface area contributed by atoms with Gasteiger partial charge in [0, 0.05) is 0 Å². The molecular formula is C20H32O2. The summed E-state index contributed by atoms with van der Waals surface area (Å²) in [5.74, 6) is 4.88. The Balaban J connectivity index is 1.51. The van der Waals surface area contributed by atoms with E-state index in [1.807, 2.05) is 0 Å². The maximum atomic E-state index is 10.1. The number of rotatable bonds is 0. The van der Waals surface area contributed by atoms with E-state index in [9.17, 15) is 5.11 Å². The van der Waals surface area contributed by atoms with Gasteiger partial charge in [0.25, 0.3) is 0 Å². The molecule has 0 amide bonds. The molecule has 0 aromatic carbocycles. The van der Waals surface area contributed by atoms with E-state index in [2.05, 4.69) is 20.8 Å². The lowest BCUT2D eigenvalue weighted by Gasteiger charge is -2.59. The van der Waals surface area contributed by atoms with Gasteiger partial charge in [0.15, 0.2) is 0 Å². The largest absolute Gasteiger partial charge is 0.393 e. The number of epoxide rings is 1. The lowest BCUT2D eigenvalue weighted by Crippen LogP contribution is -2.56. The molecule has 1 spiro atoms. The summed E-state index contributed by atoms with van der Waals surface area (Å²) in [5, 5.41) is 10.1. The molecule has 124 valence electrons. The molecule has 0 bridgehead atoms. The molecule has 3 unspecified atom stereocenters. The highest BCUT2D eigenvalue weighted by atomic mass is 16.6. The van der Waals surface area contributed by atoms with E-state index >= 15 is 0 Å². The first kappa shape index (κ1) is 14.3. The van der Waals surface area contributed by atoms with Crippen molar-refractivity contribution in [2.75, 3.05) is 0 Å². The summed E-state index contributed by atoms with van der Waals surface area (Å²) in [4.78, 5) is 0. The van der Waals surface area contributed by atoms with Crippen LogP contribution in [0.15, 0.2) is 0 Å². The van der Waals surface area contributed by atoms with Crippen LogP contribution in [0.4, 0.5) is 0 Å². The van der Waals surface area contributed by atoms with Crippen molar-refractivity contribution in [2.24, 2.45) is 40.9 Å².